The van der Waals surface area contributed by atoms with E-state index in [-0.39, 0.29) is 12.2 Å². The Labute approximate surface area is 152 Å². The summed E-state index contributed by atoms with van der Waals surface area (Å²) in [5, 5.41) is 0. The Kier molecular flexibility index (Phi) is 8.91. The molecular weight excluding hydrogens is 350 g/mol. The van der Waals surface area contributed by atoms with Gasteiger partial charge in [-0.05, 0) is 19.8 Å². The minimum Gasteiger partial charge on any atom is -0.493 e. The smallest absolute Gasteiger partial charge is 0.414 e. The Bertz CT molecular complexity index is 593. The highest BCUT2D eigenvalue weighted by molar-refractivity contribution is 6.17. The number of rotatable bonds is 9. The van der Waals surface area contributed by atoms with Gasteiger partial charge >= 0.3 is 12.1 Å². The average molecular weight is 374 g/mol. The lowest BCUT2D eigenvalue weighted by atomic mass is 10.1. The average Bonchev–Trinajstić information content (AvgIpc) is 2.63. The number of nitrogens with zero attached hydrogens (tertiary/aromatic N) is 1. The van der Waals surface area contributed by atoms with E-state index >= 15 is 0 Å². The van der Waals surface area contributed by atoms with Crippen LogP contribution in [0.1, 0.15) is 30.1 Å². The molecule has 140 valence electrons. The van der Waals surface area contributed by atoms with Gasteiger partial charge in [-0.2, -0.15) is 0 Å². The molecule has 0 aliphatic carbocycles. The van der Waals surface area contributed by atoms with Crippen molar-refractivity contribution < 1.29 is 28.5 Å². The van der Waals surface area contributed by atoms with Crippen molar-refractivity contribution in [1.82, 2.24) is 0 Å². The van der Waals surface area contributed by atoms with Gasteiger partial charge in [0.25, 0.3) is 0 Å². The van der Waals surface area contributed by atoms with Crippen molar-refractivity contribution in [2.75, 3.05) is 45.3 Å². The van der Waals surface area contributed by atoms with Gasteiger partial charge in [0, 0.05) is 24.6 Å². The lowest BCUT2D eigenvalue weighted by molar-refractivity contribution is 0.0601. The van der Waals surface area contributed by atoms with E-state index in [1.807, 2.05) is 0 Å². The number of hydrogen-bond acceptors (Lipinski definition) is 6. The van der Waals surface area contributed by atoms with Gasteiger partial charge < -0.3 is 18.9 Å². The van der Waals surface area contributed by atoms with Crippen LogP contribution in [0.15, 0.2) is 12.1 Å². The summed E-state index contributed by atoms with van der Waals surface area (Å²) in [5.41, 5.74) is 0.511. The first kappa shape index (κ1) is 20.9. The maximum atomic E-state index is 12.4. The molecule has 1 rings (SSSR count). The molecule has 0 aliphatic heterocycles. The summed E-state index contributed by atoms with van der Waals surface area (Å²) in [4.78, 5) is 26.0. The zero-order valence-corrected chi connectivity index (χ0v) is 15.7. The summed E-state index contributed by atoms with van der Waals surface area (Å²) in [7, 11) is 4.20. The molecule has 0 heterocycles. The molecule has 1 amide bonds. The van der Waals surface area contributed by atoms with E-state index in [9.17, 15) is 9.59 Å². The molecule has 0 unspecified atom stereocenters. The Morgan fingerprint density at radius 1 is 1.08 bits per heavy atom. The van der Waals surface area contributed by atoms with E-state index in [2.05, 4.69) is 0 Å². The zero-order valence-electron chi connectivity index (χ0n) is 15.0. The topological polar surface area (TPSA) is 74.3 Å². The quantitative estimate of drug-likeness (QED) is 0.375. The van der Waals surface area contributed by atoms with E-state index in [4.69, 9.17) is 30.5 Å². The molecule has 0 radical (unpaired) electrons. The Balaban J connectivity index is 3.42. The van der Waals surface area contributed by atoms with Crippen LogP contribution in [-0.4, -0.2) is 52.4 Å². The molecule has 0 fully saturated rings. The van der Waals surface area contributed by atoms with Gasteiger partial charge in [0.2, 0.25) is 0 Å². The number of carbonyl (C=O) groups is 2. The predicted molar refractivity (Wildman–Crippen MR) is 95.2 cm³/mol. The molecule has 25 heavy (non-hydrogen) atoms. The van der Waals surface area contributed by atoms with Crippen LogP contribution in [0, 0.1) is 0 Å². The summed E-state index contributed by atoms with van der Waals surface area (Å²) in [6, 6.07) is 3.04. The van der Waals surface area contributed by atoms with E-state index in [1.54, 1.807) is 13.0 Å². The van der Waals surface area contributed by atoms with Gasteiger partial charge in [-0.25, -0.2) is 9.59 Å². The van der Waals surface area contributed by atoms with Crippen LogP contribution < -0.4 is 14.4 Å². The lowest BCUT2D eigenvalue weighted by Gasteiger charge is -2.25. The number of ether oxygens (including phenoxy) is 4. The molecular formula is C17H24ClNO6. The molecule has 0 N–H and O–H groups in total. The van der Waals surface area contributed by atoms with Crippen LogP contribution in [-0.2, 0) is 9.47 Å². The first-order valence-electron chi connectivity index (χ1n) is 7.88. The normalized spacial score (nSPS) is 10.1. The summed E-state index contributed by atoms with van der Waals surface area (Å²) in [6.45, 7) is 2.27. The summed E-state index contributed by atoms with van der Waals surface area (Å²) in [6.07, 6.45) is 0.810. The van der Waals surface area contributed by atoms with Gasteiger partial charge in [-0.15, -0.1) is 11.6 Å². The third kappa shape index (κ3) is 5.42. The van der Waals surface area contributed by atoms with Gasteiger partial charge in [0.05, 0.1) is 39.2 Å². The SMILES string of the molecule is CCOC(=O)N(CCCCCl)c1cc(OC)c(OC)cc1C(=O)OC. The Morgan fingerprint density at radius 2 is 1.72 bits per heavy atom. The molecule has 0 aromatic heterocycles. The number of halogens is 1. The van der Waals surface area contributed by atoms with Gasteiger partial charge in [0.15, 0.2) is 11.5 Å². The molecule has 1 aromatic rings. The molecule has 0 atom stereocenters. The summed E-state index contributed by atoms with van der Waals surface area (Å²) < 4.78 is 20.5. The van der Waals surface area contributed by atoms with Gasteiger partial charge in [-0.1, -0.05) is 0 Å². The maximum absolute atomic E-state index is 12.4. The number of unbranched alkanes of at least 4 members (excludes halogenated alkanes) is 1. The molecule has 0 saturated heterocycles. The van der Waals surface area contributed by atoms with Crippen molar-refractivity contribution >= 4 is 29.4 Å². The fourth-order valence-electron chi connectivity index (χ4n) is 2.24. The third-order valence-electron chi connectivity index (χ3n) is 3.45. The highest BCUT2D eigenvalue weighted by atomic mass is 35.5. The minimum atomic E-state index is -0.595. The number of carbonyl (C=O) groups excluding carboxylic acids is 2. The second-order valence-corrected chi connectivity index (χ2v) is 5.34. The predicted octanol–water partition coefficient (Wildman–Crippen LogP) is 3.47. The summed E-state index contributed by atoms with van der Waals surface area (Å²) in [5.74, 6) is 0.627. The van der Waals surface area contributed by atoms with Crippen molar-refractivity contribution in [3.63, 3.8) is 0 Å². The zero-order chi connectivity index (χ0) is 18.8. The Morgan fingerprint density at radius 3 is 2.24 bits per heavy atom. The van der Waals surface area contributed by atoms with Crippen molar-refractivity contribution in [2.24, 2.45) is 0 Å². The van der Waals surface area contributed by atoms with Gasteiger partial charge in [-0.3, -0.25) is 4.90 Å². The minimum absolute atomic E-state index is 0.180. The monoisotopic (exact) mass is 373 g/mol. The molecule has 0 bridgehead atoms. The van der Waals surface area contributed by atoms with Crippen LogP contribution >= 0.6 is 11.6 Å². The molecule has 0 aliphatic rings. The van der Waals surface area contributed by atoms with Crippen molar-refractivity contribution in [2.45, 2.75) is 19.8 Å². The van der Waals surface area contributed by atoms with Crippen LogP contribution in [0.5, 0.6) is 11.5 Å². The fraction of sp³-hybridized carbons (Fsp3) is 0.529. The maximum Gasteiger partial charge on any atom is 0.414 e. The number of benzene rings is 1. The van der Waals surface area contributed by atoms with E-state index < -0.39 is 12.1 Å². The van der Waals surface area contributed by atoms with Crippen molar-refractivity contribution in [1.29, 1.82) is 0 Å². The van der Waals surface area contributed by atoms with E-state index in [1.165, 1.54) is 32.3 Å². The van der Waals surface area contributed by atoms with E-state index in [0.29, 0.717) is 36.0 Å². The van der Waals surface area contributed by atoms with E-state index in [0.717, 1.165) is 6.42 Å². The molecule has 0 spiro atoms. The number of amides is 1. The van der Waals surface area contributed by atoms with Crippen molar-refractivity contribution in [3.8, 4) is 11.5 Å². The Hall–Kier alpha value is -2.15. The highest BCUT2D eigenvalue weighted by Crippen LogP contribution is 2.36. The highest BCUT2D eigenvalue weighted by Gasteiger charge is 2.26. The number of alkyl halides is 1. The first-order valence-corrected chi connectivity index (χ1v) is 8.42. The molecule has 0 saturated carbocycles. The number of esters is 1. The summed E-state index contributed by atoms with van der Waals surface area (Å²) >= 11 is 5.72. The number of anilines is 1. The standard InChI is InChI=1S/C17H24ClNO6/c1-5-25-17(21)19(9-7-6-8-18)13-11-15(23-3)14(22-2)10-12(13)16(20)24-4/h10-11H,5-9H2,1-4H3. The van der Waals surface area contributed by atoms with Crippen LogP contribution in [0.2, 0.25) is 0 Å². The van der Waals surface area contributed by atoms with Crippen molar-refractivity contribution in [3.05, 3.63) is 17.7 Å². The molecule has 1 aromatic carbocycles. The molecule has 7 nitrogen and oxygen atoms in total. The third-order valence-corrected chi connectivity index (χ3v) is 3.72. The second kappa shape index (κ2) is 10.7. The van der Waals surface area contributed by atoms with Crippen LogP contribution in [0.3, 0.4) is 0 Å². The van der Waals surface area contributed by atoms with Gasteiger partial charge in [0.1, 0.15) is 0 Å². The molecule has 8 heteroatoms. The van der Waals surface area contributed by atoms with Crippen LogP contribution in [0.4, 0.5) is 10.5 Å². The second-order valence-electron chi connectivity index (χ2n) is 4.96. The fourth-order valence-corrected chi connectivity index (χ4v) is 2.43. The first-order chi connectivity index (χ1) is 12.0. The number of methoxy groups -OCH3 is 3. The largest absolute Gasteiger partial charge is 0.493 e. The lowest BCUT2D eigenvalue weighted by Crippen LogP contribution is -2.34. The number of hydrogen-bond donors (Lipinski definition) is 0. The van der Waals surface area contributed by atoms with Crippen LogP contribution in [0.25, 0.3) is 0 Å².